The second-order valence-corrected chi connectivity index (χ2v) is 6.20. The van der Waals surface area contributed by atoms with Crippen LogP contribution in [-0.2, 0) is 0 Å². The van der Waals surface area contributed by atoms with Crippen LogP contribution in [0.4, 0.5) is 5.69 Å². The van der Waals surface area contributed by atoms with Crippen LogP contribution in [0.3, 0.4) is 0 Å². The molecule has 0 aromatic heterocycles. The average molecular weight is 384 g/mol. The number of hydrogen-bond acceptors (Lipinski definition) is 2. The Hall–Kier alpha value is -1.43. The van der Waals surface area contributed by atoms with Crippen molar-refractivity contribution in [2.24, 2.45) is 5.73 Å². The number of thiocarbonyl (C=S) groups is 1. The van der Waals surface area contributed by atoms with Crippen molar-refractivity contribution in [2.45, 2.75) is 0 Å². The van der Waals surface area contributed by atoms with Gasteiger partial charge in [-0.1, -0.05) is 51.9 Å². The molecule has 0 saturated carbocycles. The maximum Gasteiger partial charge on any atom is 0.258 e. The number of amides is 1. The lowest BCUT2D eigenvalue weighted by molar-refractivity contribution is 0.0993. The zero-order valence-corrected chi connectivity index (χ0v) is 14.3. The second kappa shape index (κ2) is 6.56. The predicted octanol–water partition coefficient (Wildman–Crippen LogP) is 4.01. The first-order valence-corrected chi connectivity index (χ1v) is 7.61. The van der Waals surface area contributed by atoms with E-state index < -0.39 is 0 Å². The Morgan fingerprint density at radius 2 is 1.95 bits per heavy atom. The largest absolute Gasteiger partial charge is 0.389 e. The third kappa shape index (κ3) is 3.61. The Morgan fingerprint density at radius 3 is 2.57 bits per heavy atom. The highest BCUT2D eigenvalue weighted by molar-refractivity contribution is 9.10. The molecule has 2 rings (SSSR count). The molecule has 0 unspecified atom stereocenters. The van der Waals surface area contributed by atoms with Crippen molar-refractivity contribution >= 4 is 56.3 Å². The fraction of sp³-hybridized carbons (Fsp3) is 0.0667. The lowest BCUT2D eigenvalue weighted by Gasteiger charge is -2.20. The zero-order chi connectivity index (χ0) is 15.6. The summed E-state index contributed by atoms with van der Waals surface area (Å²) < 4.78 is 0.745. The predicted molar refractivity (Wildman–Crippen MR) is 94.2 cm³/mol. The van der Waals surface area contributed by atoms with Crippen molar-refractivity contribution in [2.75, 3.05) is 11.9 Å². The molecule has 108 valence electrons. The minimum absolute atomic E-state index is 0.193. The first-order chi connectivity index (χ1) is 9.90. The molecule has 0 bridgehead atoms. The number of rotatable bonds is 3. The van der Waals surface area contributed by atoms with E-state index in [1.54, 1.807) is 37.4 Å². The van der Waals surface area contributed by atoms with Crippen molar-refractivity contribution in [1.29, 1.82) is 0 Å². The first-order valence-electron chi connectivity index (χ1n) is 6.03. The molecule has 0 saturated heterocycles. The lowest BCUT2D eigenvalue weighted by atomic mass is 10.1. The van der Waals surface area contributed by atoms with Crippen LogP contribution < -0.4 is 10.6 Å². The van der Waals surface area contributed by atoms with Crippen LogP contribution in [0, 0.1) is 0 Å². The number of nitrogens with zero attached hydrogens (tertiary/aromatic N) is 1. The number of nitrogens with two attached hydrogens (primary N) is 1. The van der Waals surface area contributed by atoms with E-state index in [1.807, 2.05) is 12.1 Å². The Labute approximate surface area is 141 Å². The van der Waals surface area contributed by atoms with Gasteiger partial charge in [0.2, 0.25) is 0 Å². The van der Waals surface area contributed by atoms with E-state index in [2.05, 4.69) is 15.9 Å². The molecular weight excluding hydrogens is 372 g/mol. The van der Waals surface area contributed by atoms with E-state index >= 15 is 0 Å². The van der Waals surface area contributed by atoms with Crippen LogP contribution in [0.1, 0.15) is 15.9 Å². The summed E-state index contributed by atoms with van der Waals surface area (Å²) in [6.07, 6.45) is 0. The lowest BCUT2D eigenvalue weighted by Crippen LogP contribution is -2.28. The topological polar surface area (TPSA) is 46.3 Å². The molecule has 6 heteroatoms. The molecule has 0 aliphatic rings. The van der Waals surface area contributed by atoms with Crippen molar-refractivity contribution in [3.05, 3.63) is 63.1 Å². The molecule has 0 fully saturated rings. The van der Waals surface area contributed by atoms with Crippen molar-refractivity contribution < 1.29 is 4.79 Å². The number of benzene rings is 2. The van der Waals surface area contributed by atoms with Crippen molar-refractivity contribution in [1.82, 2.24) is 0 Å². The molecule has 0 radical (unpaired) electrons. The fourth-order valence-corrected chi connectivity index (χ4v) is 2.99. The Kier molecular flexibility index (Phi) is 4.98. The summed E-state index contributed by atoms with van der Waals surface area (Å²) in [7, 11) is 1.67. The van der Waals surface area contributed by atoms with E-state index in [4.69, 9.17) is 29.6 Å². The van der Waals surface area contributed by atoms with Crippen LogP contribution >= 0.6 is 39.7 Å². The SMILES string of the molecule is CN(C(=O)c1cc(Cl)cc(Br)c1)c1ccccc1C(N)=S. The number of anilines is 1. The van der Waals surface area contributed by atoms with Crippen molar-refractivity contribution in [3.63, 3.8) is 0 Å². The van der Waals surface area contributed by atoms with Crippen molar-refractivity contribution in [3.8, 4) is 0 Å². The molecule has 2 aromatic carbocycles. The van der Waals surface area contributed by atoms with Gasteiger partial charge in [-0.25, -0.2) is 0 Å². The highest BCUT2D eigenvalue weighted by atomic mass is 79.9. The van der Waals surface area contributed by atoms with Gasteiger partial charge in [-0.15, -0.1) is 0 Å². The minimum atomic E-state index is -0.193. The number of para-hydroxylation sites is 1. The van der Waals surface area contributed by atoms with Crippen LogP contribution in [0.15, 0.2) is 46.9 Å². The summed E-state index contributed by atoms with van der Waals surface area (Å²) in [5.41, 5.74) is 7.50. The molecular formula is C15H12BrClN2OS. The molecule has 0 aliphatic heterocycles. The van der Waals surface area contributed by atoms with E-state index in [9.17, 15) is 4.79 Å². The molecule has 2 aromatic rings. The number of halogens is 2. The number of carbonyl (C=O) groups excluding carboxylic acids is 1. The quantitative estimate of drug-likeness (QED) is 0.815. The summed E-state index contributed by atoms with van der Waals surface area (Å²) in [4.78, 5) is 14.3. The van der Waals surface area contributed by atoms with E-state index in [-0.39, 0.29) is 10.9 Å². The summed E-state index contributed by atoms with van der Waals surface area (Å²) in [5.74, 6) is -0.193. The van der Waals surface area contributed by atoms with Gasteiger partial charge >= 0.3 is 0 Å². The number of carbonyl (C=O) groups is 1. The Balaban J connectivity index is 2.42. The molecule has 2 N–H and O–H groups in total. The highest BCUT2D eigenvalue weighted by Crippen LogP contribution is 2.24. The molecule has 0 heterocycles. The molecule has 1 amide bonds. The fourth-order valence-electron chi connectivity index (χ4n) is 1.95. The maximum absolute atomic E-state index is 12.6. The van der Waals surface area contributed by atoms with Gasteiger partial charge in [0.1, 0.15) is 4.99 Å². The van der Waals surface area contributed by atoms with Crippen LogP contribution in [0.2, 0.25) is 5.02 Å². The van der Waals surface area contributed by atoms with Gasteiger partial charge in [0, 0.05) is 27.7 Å². The van der Waals surface area contributed by atoms with Crippen LogP contribution in [0.5, 0.6) is 0 Å². The average Bonchev–Trinajstić information content (AvgIpc) is 2.44. The third-order valence-electron chi connectivity index (χ3n) is 2.95. The van der Waals surface area contributed by atoms with Gasteiger partial charge in [0.15, 0.2) is 0 Å². The summed E-state index contributed by atoms with van der Waals surface area (Å²) >= 11 is 14.3. The van der Waals surface area contributed by atoms with E-state index in [1.165, 1.54) is 4.90 Å². The summed E-state index contributed by atoms with van der Waals surface area (Å²) in [6.45, 7) is 0. The van der Waals surface area contributed by atoms with Gasteiger partial charge < -0.3 is 10.6 Å². The molecule has 0 atom stereocenters. The minimum Gasteiger partial charge on any atom is -0.389 e. The van der Waals surface area contributed by atoms with E-state index in [0.29, 0.717) is 21.8 Å². The monoisotopic (exact) mass is 382 g/mol. The molecule has 3 nitrogen and oxygen atoms in total. The third-order valence-corrected chi connectivity index (χ3v) is 3.84. The van der Waals surface area contributed by atoms with Gasteiger partial charge in [-0.3, -0.25) is 4.79 Å². The summed E-state index contributed by atoms with van der Waals surface area (Å²) in [6, 6.07) is 12.3. The molecule has 0 spiro atoms. The maximum atomic E-state index is 12.6. The molecule has 0 aliphatic carbocycles. The second-order valence-electron chi connectivity index (χ2n) is 4.40. The van der Waals surface area contributed by atoms with Gasteiger partial charge in [0.25, 0.3) is 5.91 Å². The smallest absolute Gasteiger partial charge is 0.258 e. The van der Waals surface area contributed by atoms with Gasteiger partial charge in [-0.05, 0) is 30.3 Å². The highest BCUT2D eigenvalue weighted by Gasteiger charge is 2.17. The Bertz CT molecular complexity index is 700. The van der Waals surface area contributed by atoms with Crippen LogP contribution in [-0.4, -0.2) is 17.9 Å². The van der Waals surface area contributed by atoms with Crippen LogP contribution in [0.25, 0.3) is 0 Å². The van der Waals surface area contributed by atoms with Gasteiger partial charge in [-0.2, -0.15) is 0 Å². The summed E-state index contributed by atoms with van der Waals surface area (Å²) in [5, 5.41) is 0.490. The first kappa shape index (κ1) is 15.9. The standard InChI is InChI=1S/C15H12BrClN2OS/c1-19(13-5-3-2-4-12(13)14(18)21)15(20)9-6-10(16)8-11(17)7-9/h2-8H,1H3,(H2,18,21). The number of hydrogen-bond donors (Lipinski definition) is 1. The molecule has 21 heavy (non-hydrogen) atoms. The van der Waals surface area contributed by atoms with E-state index in [0.717, 1.165) is 4.47 Å². The normalized spacial score (nSPS) is 10.2. The zero-order valence-electron chi connectivity index (χ0n) is 11.1. The van der Waals surface area contributed by atoms with Gasteiger partial charge in [0.05, 0.1) is 5.69 Å². The Morgan fingerprint density at radius 1 is 1.29 bits per heavy atom.